The van der Waals surface area contributed by atoms with Crippen molar-refractivity contribution >= 4 is 27.2 Å². The number of aromatic hydroxyl groups is 2. The van der Waals surface area contributed by atoms with Crippen LogP contribution in [-0.4, -0.2) is 21.0 Å². The minimum absolute atomic E-state index is 0.0418. The van der Waals surface area contributed by atoms with Gasteiger partial charge < -0.3 is 14.6 Å². The van der Waals surface area contributed by atoms with E-state index in [0.29, 0.717) is 21.9 Å². The Balaban J connectivity index is 1.67. The van der Waals surface area contributed by atoms with Crippen molar-refractivity contribution in [2.24, 2.45) is 0 Å². The second-order valence-corrected chi connectivity index (χ2v) is 8.77. The minimum atomic E-state index is -0.172. The van der Waals surface area contributed by atoms with E-state index in [-0.39, 0.29) is 17.4 Å². The fraction of sp³-hybridized carbons (Fsp3) is 0.0769. The first-order chi connectivity index (χ1) is 15.4. The number of carbonyl (C=O) groups is 1. The van der Waals surface area contributed by atoms with Gasteiger partial charge in [-0.1, -0.05) is 35.9 Å². The number of phenols is 1. The Hall–Kier alpha value is -3.90. The zero-order valence-corrected chi connectivity index (χ0v) is 18.2. The van der Waals surface area contributed by atoms with Crippen molar-refractivity contribution in [2.45, 2.75) is 13.8 Å². The van der Waals surface area contributed by atoms with Crippen LogP contribution in [0.4, 0.5) is 0 Å². The Morgan fingerprint density at radius 3 is 2.38 bits per heavy atom. The average molecular weight is 442 g/mol. The van der Waals surface area contributed by atoms with Crippen LogP contribution in [0.3, 0.4) is 0 Å². The lowest BCUT2D eigenvalue weighted by atomic mass is 9.95. The number of fused-ring (bicyclic) bond motifs is 1. The number of nitrogens with zero attached hydrogens (tertiary/aromatic N) is 1. The lowest BCUT2D eigenvalue weighted by Gasteiger charge is -2.08. The lowest BCUT2D eigenvalue weighted by molar-refractivity contribution is 0.104. The number of benzene rings is 3. The molecule has 0 atom stereocenters. The highest BCUT2D eigenvalue weighted by Gasteiger charge is 2.22. The van der Waals surface area contributed by atoms with Crippen molar-refractivity contribution in [3.05, 3.63) is 88.5 Å². The van der Waals surface area contributed by atoms with Gasteiger partial charge in [0.1, 0.15) is 5.75 Å². The van der Waals surface area contributed by atoms with E-state index in [1.165, 1.54) is 17.6 Å². The van der Waals surface area contributed by atoms with Gasteiger partial charge in [-0.25, -0.2) is 0 Å². The molecule has 0 bridgehead atoms. The fourth-order valence-electron chi connectivity index (χ4n) is 3.90. The number of aryl methyl sites for hydroxylation is 2. The molecule has 0 fully saturated rings. The predicted octanol–water partition coefficient (Wildman–Crippen LogP) is 6.48. The van der Waals surface area contributed by atoms with Crippen LogP contribution in [0.2, 0.25) is 0 Å². The molecule has 5 aromatic rings. The van der Waals surface area contributed by atoms with Crippen molar-refractivity contribution in [2.75, 3.05) is 0 Å². The molecule has 0 aliphatic heterocycles. The summed E-state index contributed by atoms with van der Waals surface area (Å²) < 4.78 is 6.11. The minimum Gasteiger partial charge on any atom is -0.508 e. The Bertz CT molecular complexity index is 1480. The number of carbonyl (C=O) groups excluding carboxylic acids is 1. The smallest absolute Gasteiger partial charge is 0.250 e. The standard InChI is InChI=1S/C26H19NO4S/c1-14-3-9-19(15(2)11-14)24(30)25-23(20-10-8-18(28)12-21(20)32-25)16-4-6-17(7-5-16)26-27-22(29)13-31-26/h3-13,28-29H,1-2H3. The van der Waals surface area contributed by atoms with Crippen LogP contribution in [-0.2, 0) is 0 Å². The monoisotopic (exact) mass is 441 g/mol. The largest absolute Gasteiger partial charge is 0.508 e. The van der Waals surface area contributed by atoms with Gasteiger partial charge in [0.2, 0.25) is 11.7 Å². The molecule has 0 unspecified atom stereocenters. The summed E-state index contributed by atoms with van der Waals surface area (Å²) in [5.41, 5.74) is 5.12. The summed E-state index contributed by atoms with van der Waals surface area (Å²) in [6, 6.07) is 18.5. The summed E-state index contributed by atoms with van der Waals surface area (Å²) in [6.07, 6.45) is 1.18. The number of rotatable bonds is 4. The molecule has 0 saturated heterocycles. The first kappa shape index (κ1) is 20.0. The highest BCUT2D eigenvalue weighted by molar-refractivity contribution is 7.21. The Morgan fingerprint density at radius 1 is 0.938 bits per heavy atom. The average Bonchev–Trinajstić information content (AvgIpc) is 3.37. The van der Waals surface area contributed by atoms with Gasteiger partial charge in [-0.15, -0.1) is 11.3 Å². The van der Waals surface area contributed by atoms with Crippen LogP contribution in [0, 0.1) is 13.8 Å². The number of hydrogen-bond donors (Lipinski definition) is 2. The number of thiophene rings is 1. The topological polar surface area (TPSA) is 83.6 Å². The van der Waals surface area contributed by atoms with E-state index in [1.54, 1.807) is 12.1 Å². The fourth-order valence-corrected chi connectivity index (χ4v) is 5.11. The molecule has 5 nitrogen and oxygen atoms in total. The quantitative estimate of drug-likeness (QED) is 0.312. The predicted molar refractivity (Wildman–Crippen MR) is 125 cm³/mol. The Kier molecular flexibility index (Phi) is 4.79. The van der Waals surface area contributed by atoms with Gasteiger partial charge in [-0.05, 0) is 55.3 Å². The first-order valence-corrected chi connectivity index (χ1v) is 10.8. The molecule has 0 saturated carbocycles. The van der Waals surface area contributed by atoms with E-state index in [9.17, 15) is 15.0 Å². The molecular weight excluding hydrogens is 422 g/mol. The third-order valence-corrected chi connectivity index (χ3v) is 6.57. The molecule has 3 aromatic carbocycles. The number of hydrogen-bond acceptors (Lipinski definition) is 6. The van der Waals surface area contributed by atoms with Crippen LogP contribution in [0.25, 0.3) is 32.7 Å². The van der Waals surface area contributed by atoms with Gasteiger partial charge in [0.05, 0.1) is 4.88 Å². The lowest BCUT2D eigenvalue weighted by Crippen LogP contribution is -2.03. The molecule has 2 N–H and O–H groups in total. The summed E-state index contributed by atoms with van der Waals surface area (Å²) >= 11 is 1.38. The van der Waals surface area contributed by atoms with Crippen molar-refractivity contribution in [3.63, 3.8) is 0 Å². The van der Waals surface area contributed by atoms with Crippen molar-refractivity contribution in [1.82, 2.24) is 4.98 Å². The van der Waals surface area contributed by atoms with E-state index in [1.807, 2.05) is 62.4 Å². The van der Waals surface area contributed by atoms with Crippen molar-refractivity contribution < 1.29 is 19.4 Å². The molecule has 0 radical (unpaired) electrons. The maximum absolute atomic E-state index is 13.6. The Morgan fingerprint density at radius 2 is 1.69 bits per heavy atom. The zero-order chi connectivity index (χ0) is 22.4. The molecule has 5 rings (SSSR count). The molecular formula is C26H19NO4S. The van der Waals surface area contributed by atoms with Gasteiger partial charge in [-0.2, -0.15) is 4.98 Å². The molecule has 158 valence electrons. The van der Waals surface area contributed by atoms with E-state index in [4.69, 9.17) is 4.42 Å². The highest BCUT2D eigenvalue weighted by Crippen LogP contribution is 2.42. The summed E-state index contributed by atoms with van der Waals surface area (Å²) in [5, 5.41) is 20.3. The molecule has 2 heterocycles. The summed E-state index contributed by atoms with van der Waals surface area (Å²) in [6.45, 7) is 3.95. The van der Waals surface area contributed by atoms with Crippen LogP contribution in [0.15, 0.2) is 71.3 Å². The molecule has 0 aliphatic carbocycles. The van der Waals surface area contributed by atoms with E-state index >= 15 is 0 Å². The van der Waals surface area contributed by atoms with Gasteiger partial charge >= 0.3 is 0 Å². The summed E-state index contributed by atoms with van der Waals surface area (Å²) in [7, 11) is 0. The second-order valence-electron chi connectivity index (χ2n) is 7.72. The zero-order valence-electron chi connectivity index (χ0n) is 17.4. The third kappa shape index (κ3) is 3.44. The number of ketones is 1. The molecule has 2 aromatic heterocycles. The number of aromatic nitrogens is 1. The van der Waals surface area contributed by atoms with Gasteiger partial charge in [0, 0.05) is 26.8 Å². The molecule has 0 spiro atoms. The second kappa shape index (κ2) is 7.66. The SMILES string of the molecule is Cc1ccc(C(=O)c2sc3cc(O)ccc3c2-c2ccc(-c3nc(O)co3)cc2)c(C)c1. The maximum Gasteiger partial charge on any atom is 0.250 e. The first-order valence-electron chi connectivity index (χ1n) is 10.0. The third-order valence-electron chi connectivity index (χ3n) is 5.42. The van der Waals surface area contributed by atoms with Crippen molar-refractivity contribution in [1.29, 1.82) is 0 Å². The molecule has 6 heteroatoms. The maximum atomic E-state index is 13.6. The Labute approximate surface area is 188 Å². The van der Waals surface area contributed by atoms with E-state index in [2.05, 4.69) is 4.98 Å². The van der Waals surface area contributed by atoms with E-state index < -0.39 is 0 Å². The molecule has 0 aliphatic rings. The van der Waals surface area contributed by atoms with Crippen LogP contribution in [0.1, 0.15) is 26.4 Å². The van der Waals surface area contributed by atoms with E-state index in [0.717, 1.165) is 32.3 Å². The molecule has 0 amide bonds. The van der Waals surface area contributed by atoms with Gasteiger partial charge in [0.15, 0.2) is 6.26 Å². The van der Waals surface area contributed by atoms with Crippen LogP contribution < -0.4 is 0 Å². The van der Waals surface area contributed by atoms with Crippen LogP contribution >= 0.6 is 11.3 Å². The van der Waals surface area contributed by atoms with Gasteiger partial charge in [-0.3, -0.25) is 4.79 Å². The number of phenolic OH excluding ortho intramolecular Hbond substituents is 1. The normalized spacial score (nSPS) is 11.2. The van der Waals surface area contributed by atoms with Crippen LogP contribution in [0.5, 0.6) is 11.6 Å². The summed E-state index contributed by atoms with van der Waals surface area (Å²) in [4.78, 5) is 18.2. The van der Waals surface area contributed by atoms with Crippen molar-refractivity contribution in [3.8, 4) is 34.2 Å². The highest BCUT2D eigenvalue weighted by atomic mass is 32.1. The van der Waals surface area contributed by atoms with Gasteiger partial charge in [0.25, 0.3) is 5.88 Å². The number of oxazole rings is 1. The molecule has 32 heavy (non-hydrogen) atoms. The summed E-state index contributed by atoms with van der Waals surface area (Å²) in [5.74, 6) is 0.268.